The lowest BCUT2D eigenvalue weighted by atomic mass is 9.99. The highest BCUT2D eigenvalue weighted by molar-refractivity contribution is 5.92. The normalized spacial score (nSPS) is 11.9. The number of benzene rings is 3. The minimum atomic E-state index is -0.555. The molecule has 4 aromatic rings. The lowest BCUT2D eigenvalue weighted by molar-refractivity contribution is 0.174. The number of aromatic amines is 1. The van der Waals surface area contributed by atoms with E-state index in [0.29, 0.717) is 17.1 Å². The molecule has 9 nitrogen and oxygen atoms in total. The summed E-state index contributed by atoms with van der Waals surface area (Å²) in [5.41, 5.74) is 5.62. The molecule has 0 radical (unpaired) electrons. The van der Waals surface area contributed by atoms with Crippen LogP contribution in [0.25, 0.3) is 22.4 Å². The minimum absolute atomic E-state index is 0.0664. The van der Waals surface area contributed by atoms with Crippen LogP contribution >= 0.6 is 0 Å². The molecule has 2 N–H and O–H groups in total. The molecule has 1 aliphatic rings. The molecule has 0 saturated heterocycles. The molecule has 172 valence electrons. The fourth-order valence-electron chi connectivity index (χ4n) is 3.68. The van der Waals surface area contributed by atoms with Crippen molar-refractivity contribution in [3.63, 3.8) is 0 Å². The zero-order valence-electron chi connectivity index (χ0n) is 18.6. The van der Waals surface area contributed by atoms with Gasteiger partial charge in [-0.2, -0.15) is 10.4 Å². The van der Waals surface area contributed by atoms with Gasteiger partial charge in [0.1, 0.15) is 17.4 Å². The van der Waals surface area contributed by atoms with E-state index < -0.39 is 5.56 Å². The molecule has 0 bridgehead atoms. The Balaban J connectivity index is 1.48. The highest BCUT2D eigenvalue weighted by atomic mass is 16.7. The first kappa shape index (κ1) is 21.7. The van der Waals surface area contributed by atoms with E-state index in [-0.39, 0.29) is 24.0 Å². The highest BCUT2D eigenvalue weighted by Crippen LogP contribution is 2.38. The van der Waals surface area contributed by atoms with Gasteiger partial charge >= 0.3 is 0 Å². The number of nitrogens with one attached hydrogen (secondary N) is 2. The number of aromatic nitrogens is 2. The number of nitriles is 1. The van der Waals surface area contributed by atoms with Crippen molar-refractivity contribution in [2.45, 2.75) is 0 Å². The molecule has 3 aromatic carbocycles. The summed E-state index contributed by atoms with van der Waals surface area (Å²) in [4.78, 5) is 19.4. The number of ether oxygens (including phenoxy) is 3. The zero-order valence-corrected chi connectivity index (χ0v) is 18.6. The van der Waals surface area contributed by atoms with Gasteiger partial charge in [0.05, 0.1) is 19.0 Å². The molecule has 1 aliphatic heterocycles. The first-order chi connectivity index (χ1) is 17.2. The zero-order chi connectivity index (χ0) is 24.2. The molecule has 0 saturated carbocycles. The first-order valence-electron chi connectivity index (χ1n) is 10.6. The fourth-order valence-corrected chi connectivity index (χ4v) is 3.68. The van der Waals surface area contributed by atoms with Gasteiger partial charge in [-0.3, -0.25) is 9.78 Å². The monoisotopic (exact) mass is 465 g/mol. The van der Waals surface area contributed by atoms with Gasteiger partial charge in [-0.25, -0.2) is 10.4 Å². The smallest absolute Gasteiger partial charge is 0.270 e. The van der Waals surface area contributed by atoms with Gasteiger partial charge in [0.25, 0.3) is 5.56 Å². The van der Waals surface area contributed by atoms with Crippen LogP contribution in [-0.2, 0) is 0 Å². The van der Waals surface area contributed by atoms with E-state index in [0.717, 1.165) is 22.4 Å². The van der Waals surface area contributed by atoms with E-state index in [1.807, 2.05) is 60.7 Å². The highest BCUT2D eigenvalue weighted by Gasteiger charge is 2.18. The Bertz CT molecular complexity index is 1510. The number of hydrogen-bond acceptors (Lipinski definition) is 8. The predicted molar refractivity (Wildman–Crippen MR) is 131 cm³/mol. The van der Waals surface area contributed by atoms with Gasteiger partial charge in [0, 0.05) is 11.1 Å². The Labute approximate surface area is 200 Å². The third-order valence-corrected chi connectivity index (χ3v) is 5.40. The largest absolute Gasteiger partial charge is 0.497 e. The number of anilines is 1. The molecule has 9 heteroatoms. The van der Waals surface area contributed by atoms with Crippen molar-refractivity contribution >= 4 is 12.2 Å². The second kappa shape index (κ2) is 9.41. The standard InChI is InChI=1S/C26H19N5O4/c1-33-19-9-7-16(8-10-19)20-12-23-22(34-15-35-23)11-18(20)14-28-31-26-29-24(17-5-3-2-4-6-17)21(13-27)25(32)30-26/h2-12,14H,15H2,1H3,(H2,29,30,31,32). The lowest BCUT2D eigenvalue weighted by Gasteiger charge is -2.09. The topological polar surface area (TPSA) is 122 Å². The molecule has 1 aromatic heterocycles. The van der Waals surface area contributed by atoms with E-state index in [1.54, 1.807) is 25.5 Å². The van der Waals surface area contributed by atoms with E-state index >= 15 is 0 Å². The third kappa shape index (κ3) is 4.41. The second-order valence-corrected chi connectivity index (χ2v) is 7.51. The maximum Gasteiger partial charge on any atom is 0.270 e. The summed E-state index contributed by atoms with van der Waals surface area (Å²) in [6, 6.07) is 22.3. The number of hydrazone groups is 1. The van der Waals surface area contributed by atoms with Crippen molar-refractivity contribution in [3.8, 4) is 45.7 Å². The van der Waals surface area contributed by atoms with Crippen LogP contribution in [0, 0.1) is 11.3 Å². The second-order valence-electron chi connectivity index (χ2n) is 7.51. The van der Waals surface area contributed by atoms with Gasteiger partial charge in [-0.05, 0) is 35.4 Å². The van der Waals surface area contributed by atoms with Crippen LogP contribution in [0.5, 0.6) is 17.2 Å². The number of fused-ring (bicyclic) bond motifs is 1. The van der Waals surface area contributed by atoms with Crippen LogP contribution in [0.3, 0.4) is 0 Å². The molecule has 5 rings (SSSR count). The number of hydrogen-bond donors (Lipinski definition) is 2. The minimum Gasteiger partial charge on any atom is -0.497 e. The van der Waals surface area contributed by atoms with Crippen molar-refractivity contribution in [3.05, 3.63) is 88.2 Å². The van der Waals surface area contributed by atoms with Gasteiger partial charge in [0.2, 0.25) is 12.7 Å². The quantitative estimate of drug-likeness (QED) is 0.324. The fraction of sp³-hybridized carbons (Fsp3) is 0.0769. The maximum absolute atomic E-state index is 12.5. The number of methoxy groups -OCH3 is 1. The van der Waals surface area contributed by atoms with Crippen LogP contribution in [0.1, 0.15) is 11.1 Å². The molecular weight excluding hydrogens is 446 g/mol. The van der Waals surface area contributed by atoms with Crippen LogP contribution < -0.4 is 25.2 Å². The lowest BCUT2D eigenvalue weighted by Crippen LogP contribution is -2.16. The Morgan fingerprint density at radius 3 is 2.54 bits per heavy atom. The molecule has 0 unspecified atom stereocenters. The van der Waals surface area contributed by atoms with Crippen LogP contribution in [-0.4, -0.2) is 30.1 Å². The van der Waals surface area contributed by atoms with Gasteiger partial charge < -0.3 is 14.2 Å². The molecule has 0 atom stereocenters. The summed E-state index contributed by atoms with van der Waals surface area (Å²) in [7, 11) is 1.62. The summed E-state index contributed by atoms with van der Waals surface area (Å²) in [5.74, 6) is 2.11. The molecule has 0 spiro atoms. The van der Waals surface area contributed by atoms with Crippen LogP contribution in [0.4, 0.5) is 5.95 Å². The third-order valence-electron chi connectivity index (χ3n) is 5.40. The van der Waals surface area contributed by atoms with E-state index in [2.05, 4.69) is 20.5 Å². The van der Waals surface area contributed by atoms with Crippen molar-refractivity contribution in [2.75, 3.05) is 19.3 Å². The van der Waals surface area contributed by atoms with E-state index in [4.69, 9.17) is 14.2 Å². The number of rotatable bonds is 6. The van der Waals surface area contributed by atoms with Crippen molar-refractivity contribution in [1.29, 1.82) is 5.26 Å². The Morgan fingerprint density at radius 2 is 1.83 bits per heavy atom. The predicted octanol–water partition coefficient (Wildman–Crippen LogP) is 4.16. The van der Waals surface area contributed by atoms with Crippen molar-refractivity contribution in [1.82, 2.24) is 9.97 Å². The molecule has 0 aliphatic carbocycles. The summed E-state index contributed by atoms with van der Waals surface area (Å²) < 4.78 is 16.3. The Kier molecular flexibility index (Phi) is 5.84. The first-order valence-corrected chi connectivity index (χ1v) is 10.6. The molecular formula is C26H19N5O4. The Hall–Kier alpha value is -5.10. The number of H-pyrrole nitrogens is 1. The SMILES string of the molecule is COc1ccc(-c2cc3c(cc2C=NNc2nc(-c4ccccc4)c(C#N)c(=O)[nH]2)OCO3)cc1. The summed E-state index contributed by atoms with van der Waals surface area (Å²) in [5, 5.41) is 13.7. The van der Waals surface area contributed by atoms with Gasteiger partial charge in [-0.15, -0.1) is 0 Å². The summed E-state index contributed by atoms with van der Waals surface area (Å²) in [6.07, 6.45) is 1.60. The molecule has 2 heterocycles. The average molecular weight is 465 g/mol. The van der Waals surface area contributed by atoms with Crippen LogP contribution in [0.15, 0.2) is 76.6 Å². The maximum atomic E-state index is 12.5. The summed E-state index contributed by atoms with van der Waals surface area (Å²) >= 11 is 0. The molecule has 0 fully saturated rings. The van der Waals surface area contributed by atoms with E-state index in [1.165, 1.54) is 0 Å². The Morgan fingerprint density at radius 1 is 1.09 bits per heavy atom. The van der Waals surface area contributed by atoms with Crippen molar-refractivity contribution < 1.29 is 14.2 Å². The average Bonchev–Trinajstić information content (AvgIpc) is 3.36. The van der Waals surface area contributed by atoms with Gasteiger partial charge in [-0.1, -0.05) is 42.5 Å². The number of nitrogens with zero attached hydrogens (tertiary/aromatic N) is 3. The van der Waals surface area contributed by atoms with Crippen molar-refractivity contribution in [2.24, 2.45) is 5.10 Å². The van der Waals surface area contributed by atoms with Gasteiger partial charge in [0.15, 0.2) is 11.5 Å². The molecule has 0 amide bonds. The van der Waals surface area contributed by atoms with Crippen LogP contribution in [0.2, 0.25) is 0 Å². The summed E-state index contributed by atoms with van der Waals surface area (Å²) in [6.45, 7) is 0.148. The molecule has 35 heavy (non-hydrogen) atoms. The van der Waals surface area contributed by atoms with E-state index in [9.17, 15) is 10.1 Å².